The second kappa shape index (κ2) is 6.92. The van der Waals surface area contributed by atoms with E-state index < -0.39 is 0 Å². The normalized spacial score (nSPS) is 11.7. The molecular formula is C21H21N5O2. The van der Waals surface area contributed by atoms with Crippen molar-refractivity contribution in [3.05, 3.63) is 72.1 Å². The quantitative estimate of drug-likeness (QED) is 0.589. The Labute approximate surface area is 162 Å². The van der Waals surface area contributed by atoms with Crippen LogP contribution in [0.15, 0.2) is 59.5 Å². The summed E-state index contributed by atoms with van der Waals surface area (Å²) in [5, 5.41) is 10.4. The van der Waals surface area contributed by atoms with E-state index in [1.807, 2.05) is 30.3 Å². The first-order chi connectivity index (χ1) is 13.4. The molecule has 7 heteroatoms. The monoisotopic (exact) mass is 375 g/mol. The van der Waals surface area contributed by atoms with Crippen LogP contribution in [0.1, 0.15) is 42.6 Å². The van der Waals surface area contributed by atoms with Crippen LogP contribution >= 0.6 is 0 Å². The van der Waals surface area contributed by atoms with E-state index in [4.69, 9.17) is 4.42 Å². The van der Waals surface area contributed by atoms with Gasteiger partial charge in [-0.05, 0) is 41.3 Å². The van der Waals surface area contributed by atoms with Crippen molar-refractivity contribution in [1.29, 1.82) is 0 Å². The maximum atomic E-state index is 12.5. The Hall–Kier alpha value is -3.48. The van der Waals surface area contributed by atoms with Gasteiger partial charge in [0.1, 0.15) is 18.2 Å². The van der Waals surface area contributed by atoms with Crippen LogP contribution < -0.4 is 5.32 Å². The fraction of sp³-hybridized carbons (Fsp3) is 0.238. The highest BCUT2D eigenvalue weighted by Crippen LogP contribution is 2.26. The molecule has 0 aliphatic heterocycles. The number of fused-ring (bicyclic) bond motifs is 1. The molecule has 142 valence electrons. The number of nitrogens with one attached hydrogen (secondary N) is 1. The summed E-state index contributed by atoms with van der Waals surface area (Å²) in [6.45, 7) is 6.69. The van der Waals surface area contributed by atoms with E-state index >= 15 is 0 Å². The predicted molar refractivity (Wildman–Crippen MR) is 105 cm³/mol. The fourth-order valence-corrected chi connectivity index (χ4v) is 2.92. The van der Waals surface area contributed by atoms with E-state index in [2.05, 4.69) is 41.3 Å². The van der Waals surface area contributed by atoms with E-state index in [0.717, 1.165) is 11.2 Å². The lowest BCUT2D eigenvalue weighted by Gasteiger charge is -2.18. The average molecular weight is 375 g/mol. The predicted octanol–water partition coefficient (Wildman–Crippen LogP) is 3.64. The number of carbonyl (C=O) groups is 1. The molecule has 0 aliphatic carbocycles. The Bertz CT molecular complexity index is 1120. The van der Waals surface area contributed by atoms with Crippen LogP contribution in [0.3, 0.4) is 0 Å². The summed E-state index contributed by atoms with van der Waals surface area (Å²) >= 11 is 0. The number of benzene rings is 2. The summed E-state index contributed by atoms with van der Waals surface area (Å²) in [7, 11) is 0. The molecule has 0 atom stereocenters. The highest BCUT2D eigenvalue weighted by molar-refractivity contribution is 5.94. The molecule has 1 amide bonds. The van der Waals surface area contributed by atoms with Crippen molar-refractivity contribution in [3.63, 3.8) is 0 Å². The van der Waals surface area contributed by atoms with Gasteiger partial charge in [-0.3, -0.25) is 9.36 Å². The summed E-state index contributed by atoms with van der Waals surface area (Å²) in [6, 6.07) is 13.2. The molecule has 0 fully saturated rings. The van der Waals surface area contributed by atoms with Gasteiger partial charge in [0.05, 0.1) is 6.54 Å². The molecule has 2 aromatic carbocycles. The molecule has 0 bridgehead atoms. The Kier molecular flexibility index (Phi) is 4.43. The number of hydrogen-bond donors (Lipinski definition) is 1. The lowest BCUT2D eigenvalue weighted by molar-refractivity contribution is 0.0947. The first-order valence-electron chi connectivity index (χ1n) is 9.03. The molecule has 0 spiro atoms. The largest absolute Gasteiger partial charge is 0.439 e. The molecule has 0 saturated carbocycles. The summed E-state index contributed by atoms with van der Waals surface area (Å²) in [5.41, 5.74) is 4.09. The van der Waals surface area contributed by atoms with Crippen molar-refractivity contribution < 1.29 is 9.21 Å². The van der Waals surface area contributed by atoms with Crippen LogP contribution in [0.4, 0.5) is 0 Å². The third-order valence-electron chi connectivity index (χ3n) is 4.52. The maximum Gasteiger partial charge on any atom is 0.251 e. The smallest absolute Gasteiger partial charge is 0.251 e. The highest BCUT2D eigenvalue weighted by atomic mass is 16.3. The molecule has 7 nitrogen and oxygen atoms in total. The zero-order valence-corrected chi connectivity index (χ0v) is 16.0. The SMILES string of the molecule is CC(C)(C)c1ccc2oc(CNC(=O)c3cccc(-n4cnnc4)c3)nc2c1. The van der Waals surface area contributed by atoms with Gasteiger partial charge in [0.15, 0.2) is 5.58 Å². The fourth-order valence-electron chi connectivity index (χ4n) is 2.92. The van der Waals surface area contributed by atoms with Gasteiger partial charge in [-0.15, -0.1) is 10.2 Å². The minimum atomic E-state index is -0.201. The number of nitrogens with zero attached hydrogens (tertiary/aromatic N) is 4. The number of rotatable bonds is 4. The van der Waals surface area contributed by atoms with Gasteiger partial charge in [-0.1, -0.05) is 32.9 Å². The molecule has 1 N–H and O–H groups in total. The molecule has 0 saturated heterocycles. The topological polar surface area (TPSA) is 85.8 Å². The number of aromatic nitrogens is 4. The third kappa shape index (κ3) is 3.64. The molecule has 4 aromatic rings. The molecule has 28 heavy (non-hydrogen) atoms. The van der Waals surface area contributed by atoms with E-state index in [1.165, 1.54) is 5.56 Å². The molecule has 0 radical (unpaired) electrons. The summed E-state index contributed by atoms with van der Waals surface area (Å²) in [6.07, 6.45) is 3.17. The van der Waals surface area contributed by atoms with E-state index in [1.54, 1.807) is 29.4 Å². The number of amides is 1. The number of oxazole rings is 1. The van der Waals surface area contributed by atoms with Crippen molar-refractivity contribution in [1.82, 2.24) is 25.1 Å². The Morgan fingerprint density at radius 2 is 1.89 bits per heavy atom. The first-order valence-corrected chi connectivity index (χ1v) is 9.03. The van der Waals surface area contributed by atoms with Crippen LogP contribution in [0, 0.1) is 0 Å². The molecule has 2 aromatic heterocycles. The lowest BCUT2D eigenvalue weighted by atomic mass is 9.87. The van der Waals surface area contributed by atoms with E-state index in [-0.39, 0.29) is 17.9 Å². The molecule has 0 aliphatic rings. The van der Waals surface area contributed by atoms with Gasteiger partial charge in [-0.25, -0.2) is 4.98 Å². The van der Waals surface area contributed by atoms with E-state index in [0.29, 0.717) is 17.0 Å². The molecule has 2 heterocycles. The van der Waals surface area contributed by atoms with Crippen molar-refractivity contribution >= 4 is 17.0 Å². The zero-order valence-electron chi connectivity index (χ0n) is 16.0. The number of hydrogen-bond acceptors (Lipinski definition) is 5. The van der Waals surface area contributed by atoms with Gasteiger partial charge in [0, 0.05) is 11.3 Å². The number of carbonyl (C=O) groups excluding carboxylic acids is 1. The van der Waals surface area contributed by atoms with Crippen molar-refractivity contribution in [2.75, 3.05) is 0 Å². The van der Waals surface area contributed by atoms with Crippen LogP contribution in [-0.2, 0) is 12.0 Å². The summed E-state index contributed by atoms with van der Waals surface area (Å²) < 4.78 is 7.50. The molecular weight excluding hydrogens is 354 g/mol. The standard InChI is InChI=1S/C21H21N5O2/c1-21(2,3)15-7-8-18-17(10-15)25-19(28-18)11-22-20(27)14-5-4-6-16(9-14)26-12-23-24-13-26/h4-10,12-13H,11H2,1-3H3,(H,22,27). The van der Waals surface area contributed by atoms with Crippen LogP contribution in [0.5, 0.6) is 0 Å². The second-order valence-electron chi connectivity index (χ2n) is 7.64. The van der Waals surface area contributed by atoms with Crippen LogP contribution in [-0.4, -0.2) is 25.7 Å². The summed E-state index contributed by atoms with van der Waals surface area (Å²) in [4.78, 5) is 17.0. The Morgan fingerprint density at radius 1 is 1.11 bits per heavy atom. The molecule has 4 rings (SSSR count). The van der Waals surface area contributed by atoms with Gasteiger partial charge in [-0.2, -0.15) is 0 Å². The molecule has 0 unspecified atom stereocenters. The van der Waals surface area contributed by atoms with Crippen molar-refractivity contribution in [2.24, 2.45) is 0 Å². The summed E-state index contributed by atoms with van der Waals surface area (Å²) in [5.74, 6) is 0.275. The van der Waals surface area contributed by atoms with Gasteiger partial charge >= 0.3 is 0 Å². The maximum absolute atomic E-state index is 12.5. The van der Waals surface area contributed by atoms with Crippen molar-refractivity contribution in [3.8, 4) is 5.69 Å². The zero-order chi connectivity index (χ0) is 19.7. The van der Waals surface area contributed by atoms with Gasteiger partial charge in [0.25, 0.3) is 5.91 Å². The van der Waals surface area contributed by atoms with E-state index in [9.17, 15) is 4.79 Å². The van der Waals surface area contributed by atoms with Gasteiger partial charge < -0.3 is 9.73 Å². The second-order valence-corrected chi connectivity index (χ2v) is 7.64. The lowest BCUT2D eigenvalue weighted by Crippen LogP contribution is -2.23. The van der Waals surface area contributed by atoms with Gasteiger partial charge in [0.2, 0.25) is 5.89 Å². The first kappa shape index (κ1) is 17.9. The van der Waals surface area contributed by atoms with Crippen LogP contribution in [0.2, 0.25) is 0 Å². The van der Waals surface area contributed by atoms with Crippen molar-refractivity contribution in [2.45, 2.75) is 32.7 Å². The Balaban J connectivity index is 1.48. The van der Waals surface area contributed by atoms with Crippen LogP contribution in [0.25, 0.3) is 16.8 Å². The minimum Gasteiger partial charge on any atom is -0.439 e. The average Bonchev–Trinajstić information content (AvgIpc) is 3.34. The Morgan fingerprint density at radius 3 is 2.64 bits per heavy atom. The third-order valence-corrected chi connectivity index (χ3v) is 4.52. The minimum absolute atomic E-state index is 0.0390. The highest BCUT2D eigenvalue weighted by Gasteiger charge is 2.16.